The Hall–Kier alpha value is -2.38. The monoisotopic (exact) mass is 414 g/mol. The van der Waals surface area contributed by atoms with Crippen LogP contribution in [0.3, 0.4) is 0 Å². The van der Waals surface area contributed by atoms with Crippen LogP contribution >= 0.6 is 23.1 Å². The minimum Gasteiger partial charge on any atom is -0.465 e. The summed E-state index contributed by atoms with van der Waals surface area (Å²) in [5.41, 5.74) is 1.96. The molecule has 7 heteroatoms. The molecular weight excluding hydrogens is 392 g/mol. The molecule has 0 aliphatic heterocycles. The fraction of sp³-hybridized carbons (Fsp3) is 0.286. The second-order valence-electron chi connectivity index (χ2n) is 6.18. The molecule has 0 spiro atoms. The Morgan fingerprint density at radius 2 is 2.04 bits per heavy atom. The van der Waals surface area contributed by atoms with Crippen molar-refractivity contribution in [2.75, 3.05) is 12.4 Å². The van der Waals surface area contributed by atoms with E-state index in [4.69, 9.17) is 4.74 Å². The van der Waals surface area contributed by atoms with Crippen molar-refractivity contribution in [3.8, 4) is 0 Å². The Morgan fingerprint density at radius 1 is 1.29 bits per heavy atom. The van der Waals surface area contributed by atoms with E-state index in [9.17, 15) is 9.59 Å². The number of fused-ring (bicyclic) bond motifs is 1. The summed E-state index contributed by atoms with van der Waals surface area (Å²) in [4.78, 5) is 31.4. The third-order valence-electron chi connectivity index (χ3n) is 4.28. The van der Waals surface area contributed by atoms with E-state index in [0.717, 1.165) is 20.8 Å². The summed E-state index contributed by atoms with van der Waals surface area (Å²) in [5.74, 6) is -0.191. The molecule has 2 aromatic heterocycles. The maximum absolute atomic E-state index is 13.2. The fourth-order valence-corrected chi connectivity index (χ4v) is 4.64. The Balaban J connectivity index is 1.96. The lowest BCUT2D eigenvalue weighted by Gasteiger charge is -2.10. The summed E-state index contributed by atoms with van der Waals surface area (Å²) in [6, 6.07) is 9.91. The van der Waals surface area contributed by atoms with Crippen molar-refractivity contribution in [3.63, 3.8) is 0 Å². The number of esters is 1. The molecule has 146 valence electrons. The van der Waals surface area contributed by atoms with Gasteiger partial charge in [0.25, 0.3) is 5.56 Å². The van der Waals surface area contributed by atoms with Crippen molar-refractivity contribution < 1.29 is 9.53 Å². The summed E-state index contributed by atoms with van der Waals surface area (Å²) >= 11 is 2.74. The second kappa shape index (κ2) is 9.21. The van der Waals surface area contributed by atoms with E-state index in [1.807, 2.05) is 56.3 Å². The number of nitrogens with zero attached hydrogens (tertiary/aromatic N) is 2. The van der Waals surface area contributed by atoms with Gasteiger partial charge in [0, 0.05) is 11.4 Å². The molecule has 0 saturated carbocycles. The Labute approximate surface area is 172 Å². The van der Waals surface area contributed by atoms with Crippen molar-refractivity contribution in [2.45, 2.75) is 32.5 Å². The first kappa shape index (κ1) is 20.4. The smallest absolute Gasteiger partial charge is 0.316 e. The van der Waals surface area contributed by atoms with Crippen LogP contribution in [0.15, 0.2) is 46.4 Å². The predicted octanol–water partition coefficient (Wildman–Crippen LogP) is 4.44. The third kappa shape index (κ3) is 4.54. The molecule has 0 bridgehead atoms. The highest BCUT2D eigenvalue weighted by molar-refractivity contribution is 7.99. The highest BCUT2D eigenvalue weighted by Gasteiger charge is 2.17. The van der Waals surface area contributed by atoms with Crippen LogP contribution in [0.5, 0.6) is 0 Å². The normalized spacial score (nSPS) is 11.4. The molecule has 0 amide bonds. The number of allylic oxidation sites excluding steroid dienone is 1. The van der Waals surface area contributed by atoms with E-state index >= 15 is 0 Å². The van der Waals surface area contributed by atoms with Crippen LogP contribution in [0.2, 0.25) is 0 Å². The van der Waals surface area contributed by atoms with E-state index < -0.39 is 0 Å². The number of thioether (sulfide) groups is 1. The molecule has 0 saturated heterocycles. The standard InChI is InChI=1S/C21H22N2O3S2/c1-4-26-17(24)13-27-21-22-19-18(14(2)15(3)28-19)20(25)23(21)12-8-11-16-9-6-5-7-10-16/h5-11H,4,12-13H2,1-3H3/b11-8+. The zero-order valence-electron chi connectivity index (χ0n) is 16.1. The lowest BCUT2D eigenvalue weighted by molar-refractivity contribution is -0.139. The summed E-state index contributed by atoms with van der Waals surface area (Å²) in [5, 5.41) is 1.20. The topological polar surface area (TPSA) is 61.2 Å². The molecule has 0 unspecified atom stereocenters. The fourth-order valence-electron chi connectivity index (χ4n) is 2.76. The molecule has 0 N–H and O–H groups in total. The largest absolute Gasteiger partial charge is 0.465 e. The van der Waals surface area contributed by atoms with Gasteiger partial charge in [0.1, 0.15) is 4.83 Å². The number of aryl methyl sites for hydroxylation is 2. The van der Waals surface area contributed by atoms with Crippen molar-refractivity contribution >= 4 is 45.4 Å². The van der Waals surface area contributed by atoms with Crippen molar-refractivity contribution in [1.29, 1.82) is 0 Å². The number of rotatable bonds is 7. The van der Waals surface area contributed by atoms with Crippen LogP contribution in [-0.4, -0.2) is 27.9 Å². The maximum atomic E-state index is 13.2. The molecule has 1 aromatic carbocycles. The van der Waals surface area contributed by atoms with Gasteiger partial charge in [-0.25, -0.2) is 4.98 Å². The molecule has 3 aromatic rings. The molecule has 5 nitrogen and oxygen atoms in total. The molecule has 2 heterocycles. The van der Waals surface area contributed by atoms with Gasteiger partial charge in [-0.1, -0.05) is 54.2 Å². The number of carbonyl (C=O) groups excluding carboxylic acids is 1. The highest BCUT2D eigenvalue weighted by atomic mass is 32.2. The highest BCUT2D eigenvalue weighted by Crippen LogP contribution is 2.28. The van der Waals surface area contributed by atoms with Crippen molar-refractivity contribution in [1.82, 2.24) is 9.55 Å². The number of benzene rings is 1. The zero-order chi connectivity index (χ0) is 20.1. The van der Waals surface area contributed by atoms with Gasteiger partial charge in [-0.05, 0) is 31.9 Å². The van der Waals surface area contributed by atoms with Crippen LogP contribution in [0.25, 0.3) is 16.3 Å². The van der Waals surface area contributed by atoms with Crippen molar-refractivity contribution in [3.05, 3.63) is 62.8 Å². The predicted molar refractivity (Wildman–Crippen MR) is 116 cm³/mol. The molecular formula is C21H22N2O3S2. The van der Waals surface area contributed by atoms with E-state index in [1.165, 1.54) is 23.1 Å². The number of carbonyl (C=O) groups is 1. The Bertz CT molecular complexity index is 1070. The van der Waals surface area contributed by atoms with E-state index in [-0.39, 0.29) is 17.3 Å². The van der Waals surface area contributed by atoms with Gasteiger partial charge in [0.2, 0.25) is 0 Å². The summed E-state index contributed by atoms with van der Waals surface area (Å²) in [7, 11) is 0. The quantitative estimate of drug-likeness (QED) is 0.325. The summed E-state index contributed by atoms with van der Waals surface area (Å²) in [6.45, 7) is 6.44. The summed E-state index contributed by atoms with van der Waals surface area (Å²) in [6.07, 6.45) is 3.91. The van der Waals surface area contributed by atoms with E-state index in [2.05, 4.69) is 4.98 Å². The van der Waals surface area contributed by atoms with Gasteiger partial charge in [0.05, 0.1) is 17.7 Å². The average Bonchev–Trinajstić information content (AvgIpc) is 2.97. The van der Waals surface area contributed by atoms with Crippen LogP contribution < -0.4 is 5.56 Å². The molecule has 28 heavy (non-hydrogen) atoms. The van der Waals surface area contributed by atoms with Gasteiger partial charge in [-0.2, -0.15) is 0 Å². The number of hydrogen-bond acceptors (Lipinski definition) is 6. The maximum Gasteiger partial charge on any atom is 0.316 e. The number of thiophene rings is 1. The van der Waals surface area contributed by atoms with Crippen LogP contribution in [0.4, 0.5) is 0 Å². The zero-order valence-corrected chi connectivity index (χ0v) is 17.7. The SMILES string of the molecule is CCOC(=O)CSc1nc2sc(C)c(C)c2c(=O)n1C/C=C/c1ccccc1. The van der Waals surface area contributed by atoms with Gasteiger partial charge in [-0.15, -0.1) is 11.3 Å². The van der Waals surface area contributed by atoms with E-state index in [0.29, 0.717) is 23.7 Å². The van der Waals surface area contributed by atoms with Crippen LogP contribution in [0, 0.1) is 13.8 Å². The minimum atomic E-state index is -0.313. The number of aromatic nitrogens is 2. The Kier molecular flexibility index (Phi) is 6.70. The van der Waals surface area contributed by atoms with Crippen LogP contribution in [0.1, 0.15) is 22.9 Å². The summed E-state index contributed by atoms with van der Waals surface area (Å²) < 4.78 is 6.63. The lowest BCUT2D eigenvalue weighted by Crippen LogP contribution is -2.23. The van der Waals surface area contributed by atoms with Gasteiger partial charge in [-0.3, -0.25) is 14.2 Å². The van der Waals surface area contributed by atoms with Gasteiger partial charge >= 0.3 is 5.97 Å². The van der Waals surface area contributed by atoms with Gasteiger partial charge < -0.3 is 4.74 Å². The molecule has 0 radical (unpaired) electrons. The Morgan fingerprint density at radius 3 is 2.75 bits per heavy atom. The van der Waals surface area contributed by atoms with E-state index in [1.54, 1.807) is 11.5 Å². The first-order chi connectivity index (χ1) is 13.5. The first-order valence-electron chi connectivity index (χ1n) is 9.01. The minimum absolute atomic E-state index is 0.0732. The molecule has 3 rings (SSSR count). The van der Waals surface area contributed by atoms with Gasteiger partial charge in [0.15, 0.2) is 5.16 Å². The average molecular weight is 415 g/mol. The molecule has 0 aliphatic carbocycles. The number of hydrogen-bond donors (Lipinski definition) is 0. The molecule has 0 fully saturated rings. The van der Waals surface area contributed by atoms with Crippen LogP contribution in [-0.2, 0) is 16.1 Å². The number of ether oxygens (including phenoxy) is 1. The lowest BCUT2D eigenvalue weighted by atomic mass is 10.2. The molecule has 0 aliphatic rings. The first-order valence-corrected chi connectivity index (χ1v) is 10.8. The second-order valence-corrected chi connectivity index (χ2v) is 8.33. The molecule has 0 atom stereocenters. The van der Waals surface area contributed by atoms with Crippen molar-refractivity contribution in [2.24, 2.45) is 0 Å². The third-order valence-corrected chi connectivity index (χ3v) is 6.33.